The summed E-state index contributed by atoms with van der Waals surface area (Å²) in [7, 11) is 2.97. The lowest BCUT2D eigenvalue weighted by molar-refractivity contribution is -0.163. The molecule has 7 fully saturated rings. The molecule has 88 heavy (non-hydrogen) atoms. The van der Waals surface area contributed by atoms with Crippen LogP contribution < -0.4 is 4.84 Å². The topological polar surface area (TPSA) is 184 Å². The van der Waals surface area contributed by atoms with Crippen LogP contribution in [0.5, 0.6) is 0 Å². The maximum atomic E-state index is 13.7. The minimum absolute atomic E-state index is 0.000513. The van der Waals surface area contributed by atoms with Crippen LogP contribution in [-0.4, -0.2) is 91.4 Å². The first-order chi connectivity index (χ1) is 42.2. The number of nitrogens with zero attached hydrogens (tertiary/aromatic N) is 7. The highest BCUT2D eigenvalue weighted by Gasteiger charge is 2.61. The van der Waals surface area contributed by atoms with Gasteiger partial charge in [0.2, 0.25) is 0 Å². The Hall–Kier alpha value is -5.35. The van der Waals surface area contributed by atoms with Crippen molar-refractivity contribution in [1.29, 1.82) is 0 Å². The van der Waals surface area contributed by atoms with Gasteiger partial charge in [-0.25, -0.2) is 14.2 Å². The Bertz CT molecular complexity index is 3360. The molecule has 5 aromatic rings. The van der Waals surface area contributed by atoms with E-state index in [1.807, 2.05) is 12.4 Å². The third-order valence-corrected chi connectivity index (χ3v) is 26.3. The number of benzene rings is 2. The Morgan fingerprint density at radius 3 is 1.74 bits per heavy atom. The lowest BCUT2D eigenvalue weighted by Crippen LogP contribution is -2.54. The van der Waals surface area contributed by atoms with E-state index in [2.05, 4.69) is 115 Å². The van der Waals surface area contributed by atoms with Gasteiger partial charge in [-0.05, 0) is 233 Å². The molecule has 0 aliphatic heterocycles. The smallest absolute Gasteiger partial charge is 0.328 e. The Balaban J connectivity index is 0.640. The molecule has 8 unspecified atom stereocenters. The highest BCUT2D eigenvalue weighted by molar-refractivity contribution is 6.13. The van der Waals surface area contributed by atoms with Crippen LogP contribution in [0.25, 0.3) is 44.3 Å². The van der Waals surface area contributed by atoms with Gasteiger partial charge in [-0.2, -0.15) is 0 Å². The third kappa shape index (κ3) is 12.0. The Morgan fingerprint density at radius 1 is 0.625 bits per heavy atom. The van der Waals surface area contributed by atoms with E-state index in [1.54, 1.807) is 9.36 Å². The van der Waals surface area contributed by atoms with E-state index in [-0.39, 0.29) is 65.4 Å². The van der Waals surface area contributed by atoms with Gasteiger partial charge in [-0.1, -0.05) is 83.2 Å². The highest BCUT2D eigenvalue weighted by atomic mass is 35.5. The van der Waals surface area contributed by atoms with Crippen molar-refractivity contribution in [1.82, 2.24) is 39.4 Å². The molecule has 0 radical (unpaired) electrons. The molecule has 478 valence electrons. The maximum absolute atomic E-state index is 13.7. The standard InChI is InChI=1S/C71H99ClN8O8/c1-43(10-22-64(81)85-8)45(3)68(4)28-26-57-48(38-68)12-15-49-36-51(24-29-69(49,57)5)87-66(83)41-78-39-60(74-76-78)46-13-17-53-54-18-14-47(35-63(54)80(33-32-73-72)62(53)34-46)61-40-79(77-75-61)42-67(84)88-52-25-30-70(6)50(37-52)16-19-55-58-21-20-56(44(2)11-23-65(82)86-9)71(58,7)31-27-59(55)70/h13-14,17-18,34-35,39-40,43-45,48-52,55-59,73H,10-12,15-16,19-33,36-38,41-42H2,1-9H3/t43-,44-,45?,48+,49+,50-,51-,52-,55+,56?,57?,58+,59?,68?,69?,70?,71?/m1/s1. The largest absolute Gasteiger partial charge is 0.469 e. The number of carbonyl (C=O) groups excluding carboxylic acids is 4. The van der Waals surface area contributed by atoms with Crippen molar-refractivity contribution < 1.29 is 38.1 Å². The van der Waals surface area contributed by atoms with E-state index in [1.165, 1.54) is 84.8 Å². The van der Waals surface area contributed by atoms with Crippen LogP contribution in [0.15, 0.2) is 48.8 Å². The molecule has 1 N–H and O–H groups in total. The number of halogens is 1. The predicted molar refractivity (Wildman–Crippen MR) is 340 cm³/mol. The number of nitrogens with one attached hydrogen (secondary N) is 1. The number of rotatable bonds is 20. The third-order valence-electron chi connectivity index (χ3n) is 26.1. The van der Waals surface area contributed by atoms with Crippen LogP contribution in [0.4, 0.5) is 0 Å². The monoisotopic (exact) mass is 1230 g/mol. The van der Waals surface area contributed by atoms with Gasteiger partial charge in [0.15, 0.2) is 0 Å². The first-order valence-electron chi connectivity index (χ1n) is 34.0. The molecular formula is C71H99ClN8O8. The van der Waals surface area contributed by atoms with Crippen molar-refractivity contribution in [2.75, 3.05) is 20.8 Å². The van der Waals surface area contributed by atoms with Crippen molar-refractivity contribution in [3.8, 4) is 22.5 Å². The van der Waals surface area contributed by atoms with Crippen LogP contribution in [-0.2, 0) is 57.8 Å². The number of aromatic nitrogens is 7. The van der Waals surface area contributed by atoms with Crippen molar-refractivity contribution in [2.24, 2.45) is 86.8 Å². The number of fused-ring (bicyclic) bond motifs is 11. The van der Waals surface area contributed by atoms with Crippen LogP contribution >= 0.6 is 11.8 Å². The summed E-state index contributed by atoms with van der Waals surface area (Å²) < 4.78 is 27.9. The molecule has 16 nitrogen and oxygen atoms in total. The fourth-order valence-corrected chi connectivity index (χ4v) is 20.9. The predicted octanol–water partition coefficient (Wildman–Crippen LogP) is 14.4. The molecule has 12 rings (SSSR count). The zero-order chi connectivity index (χ0) is 61.9. The summed E-state index contributed by atoms with van der Waals surface area (Å²) in [5.74, 6) is 6.20. The quantitative estimate of drug-likeness (QED) is 0.0442. The Labute approximate surface area is 526 Å². The molecule has 7 aliphatic carbocycles. The fourth-order valence-electron chi connectivity index (χ4n) is 20.9. The minimum Gasteiger partial charge on any atom is -0.469 e. The summed E-state index contributed by atoms with van der Waals surface area (Å²) in [6.45, 7) is 18.4. The average Bonchev–Trinajstić information content (AvgIpc) is 1.72. The van der Waals surface area contributed by atoms with Gasteiger partial charge in [-0.3, -0.25) is 19.2 Å². The second-order valence-electron chi connectivity index (χ2n) is 30.3. The van der Waals surface area contributed by atoms with E-state index in [0.717, 1.165) is 108 Å². The van der Waals surface area contributed by atoms with Gasteiger partial charge in [0.1, 0.15) is 36.7 Å². The SMILES string of the molecule is COC(=O)CC[C@@H](C)C(C)C1(C)CCC2[C@@H](CC[C@H]3C[C@H](OC(=O)Cn4cc(-c5ccc6c7ccc(-c8cn(CC(=O)O[C@@H]9CCC%10(C)C%11CCC%12(C)C([C@H](C)CCC(=O)OC)CC[C@H]%12[C@@H]%11CC[C@@H]%10C9)nn8)cc7n(CCNCl)c6c5)nn4)CCC23C)C1. The minimum atomic E-state index is -0.279. The maximum Gasteiger partial charge on any atom is 0.328 e. The summed E-state index contributed by atoms with van der Waals surface area (Å²) in [4.78, 5) is 54.0. The van der Waals surface area contributed by atoms with Crippen LogP contribution in [0.3, 0.4) is 0 Å². The van der Waals surface area contributed by atoms with Crippen molar-refractivity contribution in [3.05, 3.63) is 48.8 Å². The molecule has 7 aliphatic rings. The normalized spacial score (nSPS) is 33.7. The zero-order valence-corrected chi connectivity index (χ0v) is 54.8. The van der Waals surface area contributed by atoms with Gasteiger partial charge in [0.25, 0.3) is 0 Å². The number of hydrogen-bond acceptors (Lipinski definition) is 13. The second kappa shape index (κ2) is 25.4. The van der Waals surface area contributed by atoms with Crippen LogP contribution in [0.2, 0.25) is 0 Å². The first kappa shape index (κ1) is 62.8. The fraction of sp³-hybridized carbons (Fsp3) is 0.718. The van der Waals surface area contributed by atoms with Gasteiger partial charge < -0.3 is 23.5 Å². The van der Waals surface area contributed by atoms with Crippen LogP contribution in [0, 0.1) is 86.8 Å². The van der Waals surface area contributed by atoms with Gasteiger partial charge in [0, 0.05) is 58.9 Å². The lowest BCUT2D eigenvalue weighted by Gasteiger charge is -2.61. The number of carbonyl (C=O) groups is 4. The summed E-state index contributed by atoms with van der Waals surface area (Å²) in [6.07, 6.45) is 25.9. The molecule has 17 atom stereocenters. The van der Waals surface area contributed by atoms with Gasteiger partial charge >= 0.3 is 23.9 Å². The second-order valence-corrected chi connectivity index (χ2v) is 30.5. The van der Waals surface area contributed by atoms with Crippen LogP contribution in [0.1, 0.15) is 183 Å². The summed E-state index contributed by atoms with van der Waals surface area (Å²) in [6, 6.07) is 12.6. The Kier molecular flexibility index (Phi) is 18.1. The molecule has 0 amide bonds. The summed E-state index contributed by atoms with van der Waals surface area (Å²) >= 11 is 6.10. The van der Waals surface area contributed by atoms with E-state index in [9.17, 15) is 19.2 Å². The first-order valence-corrected chi connectivity index (χ1v) is 34.3. The molecule has 17 heteroatoms. The number of ether oxygens (including phenoxy) is 4. The van der Waals surface area contributed by atoms with E-state index in [4.69, 9.17) is 30.7 Å². The highest BCUT2D eigenvalue weighted by Crippen LogP contribution is 2.69. The molecule has 0 spiro atoms. The van der Waals surface area contributed by atoms with E-state index >= 15 is 0 Å². The number of methoxy groups -OCH3 is 2. The molecule has 3 heterocycles. The zero-order valence-electron chi connectivity index (χ0n) is 54.1. The van der Waals surface area contributed by atoms with E-state index in [0.29, 0.717) is 84.2 Å². The number of hydrogen-bond donors (Lipinski definition) is 1. The van der Waals surface area contributed by atoms with E-state index < -0.39 is 0 Å². The van der Waals surface area contributed by atoms with Crippen molar-refractivity contribution >= 4 is 57.5 Å². The molecule has 7 saturated carbocycles. The van der Waals surface area contributed by atoms with Gasteiger partial charge in [0.05, 0.1) is 26.6 Å². The van der Waals surface area contributed by atoms with Crippen molar-refractivity contribution in [2.45, 2.75) is 215 Å². The summed E-state index contributed by atoms with van der Waals surface area (Å²) in [5.41, 5.74) is 6.26. The molecule has 3 aromatic heterocycles. The van der Waals surface area contributed by atoms with Crippen molar-refractivity contribution in [3.63, 3.8) is 0 Å². The molecule has 2 aromatic carbocycles. The average molecular weight is 1230 g/mol. The van der Waals surface area contributed by atoms with Gasteiger partial charge in [-0.15, -0.1) is 10.2 Å². The molecular weight excluding hydrogens is 1130 g/mol. The molecule has 0 saturated heterocycles. The Morgan fingerprint density at radius 2 is 1.16 bits per heavy atom. The lowest BCUT2D eigenvalue weighted by atomic mass is 9.44. The number of esters is 4. The summed E-state index contributed by atoms with van der Waals surface area (Å²) in [5, 5.41) is 20.1. The molecule has 0 bridgehead atoms.